The molecule has 1 saturated carbocycles. The molecule has 4 nitrogen and oxygen atoms in total. The van der Waals surface area contributed by atoms with Gasteiger partial charge in [-0.25, -0.2) is 0 Å². The van der Waals surface area contributed by atoms with Crippen LogP contribution in [0.3, 0.4) is 0 Å². The van der Waals surface area contributed by atoms with Crippen molar-refractivity contribution in [1.29, 1.82) is 0 Å². The maximum absolute atomic E-state index is 5.47. The van der Waals surface area contributed by atoms with Gasteiger partial charge in [0.1, 0.15) is 5.76 Å². The molecule has 0 spiro atoms. The smallest absolute Gasteiger partial charge is 0.137 e. The quantitative estimate of drug-likeness (QED) is 0.774. The number of hydrogen-bond donors (Lipinski definition) is 0. The first-order valence-corrected chi connectivity index (χ1v) is 9.27. The van der Waals surface area contributed by atoms with E-state index in [-0.39, 0.29) is 0 Å². The third-order valence-electron chi connectivity index (χ3n) is 5.65. The lowest BCUT2D eigenvalue weighted by molar-refractivity contribution is 0.246. The fourth-order valence-corrected chi connectivity index (χ4v) is 4.39. The van der Waals surface area contributed by atoms with Gasteiger partial charge in [0.2, 0.25) is 0 Å². The van der Waals surface area contributed by atoms with Crippen LogP contribution in [0, 0.1) is 19.8 Å². The van der Waals surface area contributed by atoms with Gasteiger partial charge < -0.3 is 4.52 Å². The van der Waals surface area contributed by atoms with Gasteiger partial charge in [-0.2, -0.15) is 5.10 Å². The summed E-state index contributed by atoms with van der Waals surface area (Å²) >= 11 is 0. The van der Waals surface area contributed by atoms with Crippen molar-refractivity contribution in [1.82, 2.24) is 14.9 Å². The molecule has 0 aliphatic heterocycles. The van der Waals surface area contributed by atoms with E-state index in [2.05, 4.69) is 46.8 Å². The predicted octanol–water partition coefficient (Wildman–Crippen LogP) is 5.01. The Labute approximate surface area is 145 Å². The number of aryl methyl sites for hydroxylation is 2. The van der Waals surface area contributed by atoms with Gasteiger partial charge in [0.15, 0.2) is 0 Å². The fraction of sp³-hybridized carbons (Fsp3) is 0.700. The molecule has 2 aromatic rings. The molecule has 4 heteroatoms. The van der Waals surface area contributed by atoms with E-state index in [1.807, 2.05) is 11.6 Å². The summed E-state index contributed by atoms with van der Waals surface area (Å²) in [5.74, 6) is 3.30. The van der Waals surface area contributed by atoms with Gasteiger partial charge in [-0.3, -0.25) is 4.68 Å². The standard InChI is InChI=1S/C20H31N3O/c1-11(2)18-13(5)23(7)21-17(18)10-15-8-16(9-15)20-19(12(3)4)14(6)24-22-20/h11-12,15-16H,8-10H2,1-7H3. The second-order valence-corrected chi connectivity index (χ2v) is 8.15. The highest BCUT2D eigenvalue weighted by molar-refractivity contribution is 5.32. The van der Waals surface area contributed by atoms with E-state index in [1.165, 1.54) is 41.1 Å². The first kappa shape index (κ1) is 17.2. The minimum atomic E-state index is 0.483. The summed E-state index contributed by atoms with van der Waals surface area (Å²) < 4.78 is 7.51. The van der Waals surface area contributed by atoms with Crippen molar-refractivity contribution < 1.29 is 4.52 Å². The van der Waals surface area contributed by atoms with E-state index >= 15 is 0 Å². The fourth-order valence-electron chi connectivity index (χ4n) is 4.39. The van der Waals surface area contributed by atoms with Gasteiger partial charge in [0.05, 0.1) is 11.4 Å². The van der Waals surface area contributed by atoms with E-state index in [4.69, 9.17) is 9.62 Å². The minimum Gasteiger partial charge on any atom is -0.361 e. The normalized spacial score (nSPS) is 20.9. The first-order valence-electron chi connectivity index (χ1n) is 9.27. The highest BCUT2D eigenvalue weighted by Crippen LogP contribution is 2.46. The second kappa shape index (κ2) is 6.38. The zero-order valence-electron chi connectivity index (χ0n) is 16.2. The summed E-state index contributed by atoms with van der Waals surface area (Å²) in [7, 11) is 2.06. The summed E-state index contributed by atoms with van der Waals surface area (Å²) in [5, 5.41) is 9.15. The van der Waals surface area contributed by atoms with E-state index in [9.17, 15) is 0 Å². The van der Waals surface area contributed by atoms with Crippen LogP contribution in [0.1, 0.15) is 92.3 Å². The molecule has 0 aromatic carbocycles. The summed E-state index contributed by atoms with van der Waals surface area (Å²) in [6, 6.07) is 0. The minimum absolute atomic E-state index is 0.483. The van der Waals surface area contributed by atoms with Gasteiger partial charge in [0.25, 0.3) is 0 Å². The van der Waals surface area contributed by atoms with E-state index < -0.39 is 0 Å². The van der Waals surface area contributed by atoms with Crippen LogP contribution in [0.2, 0.25) is 0 Å². The van der Waals surface area contributed by atoms with Crippen molar-refractivity contribution in [2.75, 3.05) is 0 Å². The number of hydrogen-bond acceptors (Lipinski definition) is 3. The molecule has 132 valence electrons. The molecule has 24 heavy (non-hydrogen) atoms. The van der Waals surface area contributed by atoms with Crippen LogP contribution in [-0.2, 0) is 13.5 Å². The lowest BCUT2D eigenvalue weighted by Gasteiger charge is -2.34. The molecule has 1 aliphatic rings. The molecule has 2 heterocycles. The van der Waals surface area contributed by atoms with Crippen molar-refractivity contribution >= 4 is 0 Å². The molecule has 0 radical (unpaired) electrons. The molecule has 3 rings (SSSR count). The topological polar surface area (TPSA) is 43.9 Å². The molecule has 1 aliphatic carbocycles. The SMILES string of the molecule is Cc1onc(C2CC(Cc3nn(C)c(C)c3C(C)C)C2)c1C(C)C. The van der Waals surface area contributed by atoms with Crippen LogP contribution in [0.4, 0.5) is 0 Å². The van der Waals surface area contributed by atoms with Gasteiger partial charge in [-0.05, 0) is 56.4 Å². The van der Waals surface area contributed by atoms with Crippen LogP contribution in [-0.4, -0.2) is 14.9 Å². The average Bonchev–Trinajstić information content (AvgIpc) is 2.94. The van der Waals surface area contributed by atoms with Gasteiger partial charge in [-0.15, -0.1) is 0 Å². The number of nitrogens with zero attached hydrogens (tertiary/aromatic N) is 3. The Morgan fingerprint density at radius 3 is 2.29 bits per heavy atom. The van der Waals surface area contributed by atoms with Crippen molar-refractivity contribution in [3.8, 4) is 0 Å². The average molecular weight is 329 g/mol. The van der Waals surface area contributed by atoms with Crippen LogP contribution < -0.4 is 0 Å². The molecule has 0 amide bonds. The predicted molar refractivity (Wildman–Crippen MR) is 96.5 cm³/mol. The van der Waals surface area contributed by atoms with Crippen molar-refractivity contribution in [2.24, 2.45) is 13.0 Å². The number of rotatable bonds is 5. The molecule has 0 atom stereocenters. The molecule has 2 aromatic heterocycles. The Morgan fingerprint density at radius 1 is 1.08 bits per heavy atom. The Bertz CT molecular complexity index is 718. The molecular formula is C20H31N3O. The molecule has 0 N–H and O–H groups in total. The summed E-state index contributed by atoms with van der Waals surface area (Å²) in [5.41, 5.74) is 6.59. The zero-order valence-corrected chi connectivity index (χ0v) is 16.2. The zero-order chi connectivity index (χ0) is 17.6. The van der Waals surface area contributed by atoms with E-state index in [0.29, 0.717) is 17.8 Å². The van der Waals surface area contributed by atoms with Crippen LogP contribution >= 0.6 is 0 Å². The summed E-state index contributed by atoms with van der Waals surface area (Å²) in [6.45, 7) is 13.2. The highest BCUT2D eigenvalue weighted by Gasteiger charge is 2.36. The molecule has 0 unspecified atom stereocenters. The lowest BCUT2D eigenvalue weighted by atomic mass is 9.69. The van der Waals surface area contributed by atoms with E-state index in [0.717, 1.165) is 18.1 Å². The van der Waals surface area contributed by atoms with Crippen molar-refractivity contribution in [3.63, 3.8) is 0 Å². The molecular weight excluding hydrogens is 298 g/mol. The Hall–Kier alpha value is -1.58. The Balaban J connectivity index is 1.70. The van der Waals surface area contributed by atoms with Gasteiger partial charge in [-0.1, -0.05) is 32.9 Å². The van der Waals surface area contributed by atoms with Crippen LogP contribution in [0.15, 0.2) is 4.52 Å². The van der Waals surface area contributed by atoms with Crippen LogP contribution in [0.5, 0.6) is 0 Å². The third-order valence-corrected chi connectivity index (χ3v) is 5.65. The van der Waals surface area contributed by atoms with Crippen LogP contribution in [0.25, 0.3) is 0 Å². The Morgan fingerprint density at radius 2 is 1.71 bits per heavy atom. The van der Waals surface area contributed by atoms with Gasteiger partial charge >= 0.3 is 0 Å². The maximum Gasteiger partial charge on any atom is 0.137 e. The number of aromatic nitrogens is 3. The van der Waals surface area contributed by atoms with Crippen molar-refractivity contribution in [2.45, 2.75) is 78.6 Å². The lowest BCUT2D eigenvalue weighted by Crippen LogP contribution is -2.25. The monoisotopic (exact) mass is 329 g/mol. The summed E-state index contributed by atoms with van der Waals surface area (Å²) in [6.07, 6.45) is 3.51. The molecule has 1 fully saturated rings. The highest BCUT2D eigenvalue weighted by atomic mass is 16.5. The largest absolute Gasteiger partial charge is 0.361 e. The maximum atomic E-state index is 5.47. The molecule has 0 saturated heterocycles. The second-order valence-electron chi connectivity index (χ2n) is 8.15. The third kappa shape index (κ3) is 2.91. The molecule has 0 bridgehead atoms. The summed E-state index contributed by atoms with van der Waals surface area (Å²) in [4.78, 5) is 0. The Kier molecular flexibility index (Phi) is 4.58. The van der Waals surface area contributed by atoms with Crippen molar-refractivity contribution in [3.05, 3.63) is 34.0 Å². The van der Waals surface area contributed by atoms with Gasteiger partial charge in [0, 0.05) is 24.2 Å². The van der Waals surface area contributed by atoms with E-state index in [1.54, 1.807) is 0 Å². The first-order chi connectivity index (χ1) is 11.3.